The van der Waals surface area contributed by atoms with Gasteiger partial charge in [0.2, 0.25) is 5.91 Å². The van der Waals surface area contributed by atoms with Crippen molar-refractivity contribution in [3.05, 3.63) is 40.7 Å². The van der Waals surface area contributed by atoms with E-state index < -0.39 is 0 Å². The van der Waals surface area contributed by atoms with Crippen LogP contribution in [0.15, 0.2) is 23.6 Å². The fourth-order valence-electron chi connectivity index (χ4n) is 3.09. The molecule has 0 radical (unpaired) electrons. The first-order chi connectivity index (χ1) is 12.4. The first kappa shape index (κ1) is 18.8. The lowest BCUT2D eigenvalue weighted by atomic mass is 10.2. The lowest BCUT2D eigenvalue weighted by molar-refractivity contribution is -0.120. The number of hydrogen-bond donors (Lipinski definition) is 1. The predicted octanol–water partition coefficient (Wildman–Crippen LogP) is 3.44. The van der Waals surface area contributed by atoms with Crippen LogP contribution < -0.4 is 10.2 Å². The number of halogens is 1. The maximum atomic E-state index is 13.7. The molecule has 1 fully saturated rings. The van der Waals surface area contributed by atoms with Crippen molar-refractivity contribution in [1.82, 2.24) is 9.88 Å². The molecule has 1 aromatic carbocycles. The molecular weight excluding hydrogens is 351 g/mol. The number of aromatic nitrogens is 1. The molecule has 1 aromatic heterocycles. The molecule has 1 aliphatic rings. The van der Waals surface area contributed by atoms with Crippen molar-refractivity contribution in [2.24, 2.45) is 0 Å². The van der Waals surface area contributed by atoms with Crippen LogP contribution in [0.4, 0.5) is 15.2 Å². The minimum absolute atomic E-state index is 0.105. The van der Waals surface area contributed by atoms with E-state index in [9.17, 15) is 9.18 Å². The van der Waals surface area contributed by atoms with Crippen LogP contribution in [-0.4, -0.2) is 48.0 Å². The zero-order valence-corrected chi connectivity index (χ0v) is 16.3. The van der Waals surface area contributed by atoms with E-state index in [-0.39, 0.29) is 17.8 Å². The van der Waals surface area contributed by atoms with Crippen LogP contribution in [0.3, 0.4) is 0 Å². The second-order valence-electron chi connectivity index (χ2n) is 6.78. The number of nitrogens with one attached hydrogen (secondary N) is 1. The highest BCUT2D eigenvalue weighted by Crippen LogP contribution is 2.22. The first-order valence-electron chi connectivity index (χ1n) is 8.92. The third-order valence-electron chi connectivity index (χ3n) is 4.77. The van der Waals surface area contributed by atoms with E-state index in [1.54, 1.807) is 30.4 Å². The molecule has 2 heterocycles. The van der Waals surface area contributed by atoms with Crippen LogP contribution in [0.2, 0.25) is 0 Å². The van der Waals surface area contributed by atoms with Gasteiger partial charge in [0.05, 0.1) is 11.7 Å². The standard InChI is InChI=1S/C19H25FN4OS/c1-13-5-6-16(11-17(13)20)22-18(25)15(3)23-7-4-8-24(10-9-23)19-21-14(2)12-26-19/h5-6,11-12,15H,4,7-10H2,1-3H3,(H,22,25). The van der Waals surface area contributed by atoms with Crippen LogP contribution in [0.25, 0.3) is 0 Å². The van der Waals surface area contributed by atoms with Crippen LogP contribution in [-0.2, 0) is 4.79 Å². The van der Waals surface area contributed by atoms with Crippen LogP contribution in [0.5, 0.6) is 0 Å². The Morgan fingerprint density at radius 2 is 2.08 bits per heavy atom. The topological polar surface area (TPSA) is 48.5 Å². The molecule has 2 aromatic rings. The van der Waals surface area contributed by atoms with E-state index in [1.807, 2.05) is 13.8 Å². The summed E-state index contributed by atoms with van der Waals surface area (Å²) in [4.78, 5) is 21.6. The third-order valence-corrected chi connectivity index (χ3v) is 5.79. The molecule has 7 heteroatoms. The fourth-order valence-corrected chi connectivity index (χ4v) is 3.94. The van der Waals surface area contributed by atoms with Gasteiger partial charge in [-0.2, -0.15) is 0 Å². The number of thiazole rings is 1. The van der Waals surface area contributed by atoms with Crippen molar-refractivity contribution in [1.29, 1.82) is 0 Å². The molecule has 0 bridgehead atoms. The Kier molecular flexibility index (Phi) is 5.88. The van der Waals surface area contributed by atoms with Crippen LogP contribution >= 0.6 is 11.3 Å². The molecule has 1 N–H and O–H groups in total. The number of benzene rings is 1. The molecule has 0 saturated carbocycles. The predicted molar refractivity (Wildman–Crippen MR) is 104 cm³/mol. The molecule has 1 saturated heterocycles. The Labute approximate surface area is 157 Å². The second-order valence-corrected chi connectivity index (χ2v) is 7.61. The summed E-state index contributed by atoms with van der Waals surface area (Å²) >= 11 is 1.67. The lowest BCUT2D eigenvalue weighted by Gasteiger charge is -2.27. The fraction of sp³-hybridized carbons (Fsp3) is 0.474. The number of amides is 1. The van der Waals surface area contributed by atoms with E-state index in [0.717, 1.165) is 43.4 Å². The largest absolute Gasteiger partial charge is 0.347 e. The van der Waals surface area contributed by atoms with Crippen molar-refractivity contribution in [3.8, 4) is 0 Å². The molecule has 0 spiro atoms. The number of nitrogens with zero attached hydrogens (tertiary/aromatic N) is 3. The SMILES string of the molecule is Cc1csc(N2CCCN(C(C)C(=O)Nc3ccc(C)c(F)c3)CC2)n1. The van der Waals surface area contributed by atoms with Crippen molar-refractivity contribution in [2.45, 2.75) is 33.2 Å². The minimum Gasteiger partial charge on any atom is -0.347 e. The molecule has 0 aliphatic carbocycles. The van der Waals surface area contributed by atoms with Gasteiger partial charge in [-0.15, -0.1) is 11.3 Å². The molecule has 5 nitrogen and oxygen atoms in total. The zero-order chi connectivity index (χ0) is 18.7. The second kappa shape index (κ2) is 8.14. The Hall–Kier alpha value is -1.99. The third kappa shape index (κ3) is 4.40. The summed E-state index contributed by atoms with van der Waals surface area (Å²) in [5.41, 5.74) is 2.12. The normalized spacial score (nSPS) is 17.0. The molecular formula is C19H25FN4OS. The Balaban J connectivity index is 1.59. The summed E-state index contributed by atoms with van der Waals surface area (Å²) in [5.74, 6) is -0.411. The maximum Gasteiger partial charge on any atom is 0.241 e. The summed E-state index contributed by atoms with van der Waals surface area (Å²) in [6.07, 6.45) is 0.982. The van der Waals surface area contributed by atoms with Gasteiger partial charge in [-0.25, -0.2) is 9.37 Å². The van der Waals surface area contributed by atoms with Crippen LogP contribution in [0, 0.1) is 19.7 Å². The van der Waals surface area contributed by atoms with Gasteiger partial charge in [0.15, 0.2) is 5.13 Å². The van der Waals surface area contributed by atoms with Crippen molar-refractivity contribution >= 4 is 28.1 Å². The van der Waals surface area contributed by atoms with E-state index in [4.69, 9.17) is 0 Å². The minimum atomic E-state index is -0.306. The zero-order valence-electron chi connectivity index (χ0n) is 15.5. The average Bonchev–Trinajstić information content (AvgIpc) is 2.90. The molecule has 3 rings (SSSR count). The summed E-state index contributed by atoms with van der Waals surface area (Å²) in [6, 6.07) is 4.51. The summed E-state index contributed by atoms with van der Waals surface area (Å²) in [6.45, 7) is 9.07. The summed E-state index contributed by atoms with van der Waals surface area (Å²) in [5, 5.41) is 5.95. The summed E-state index contributed by atoms with van der Waals surface area (Å²) < 4.78 is 13.7. The monoisotopic (exact) mass is 376 g/mol. The van der Waals surface area contributed by atoms with Crippen molar-refractivity contribution < 1.29 is 9.18 Å². The maximum absolute atomic E-state index is 13.7. The van der Waals surface area contributed by atoms with Gasteiger partial charge in [-0.05, 0) is 44.9 Å². The molecule has 1 amide bonds. The quantitative estimate of drug-likeness (QED) is 0.888. The van der Waals surface area contributed by atoms with Gasteiger partial charge in [-0.3, -0.25) is 9.69 Å². The number of anilines is 2. The molecule has 1 aliphatic heterocycles. The highest BCUT2D eigenvalue weighted by molar-refractivity contribution is 7.13. The van der Waals surface area contributed by atoms with Gasteiger partial charge >= 0.3 is 0 Å². The Bertz CT molecular complexity index is 779. The van der Waals surface area contributed by atoms with E-state index in [2.05, 4.69) is 25.5 Å². The number of carbonyl (C=O) groups excluding carboxylic acids is 1. The summed E-state index contributed by atoms with van der Waals surface area (Å²) in [7, 11) is 0. The van der Waals surface area contributed by atoms with E-state index in [0.29, 0.717) is 11.3 Å². The lowest BCUT2D eigenvalue weighted by Crippen LogP contribution is -2.44. The van der Waals surface area contributed by atoms with Crippen molar-refractivity contribution in [2.75, 3.05) is 36.4 Å². The highest BCUT2D eigenvalue weighted by Gasteiger charge is 2.25. The van der Waals surface area contributed by atoms with E-state index >= 15 is 0 Å². The molecule has 140 valence electrons. The highest BCUT2D eigenvalue weighted by atomic mass is 32.1. The van der Waals surface area contributed by atoms with Gasteiger partial charge in [0.1, 0.15) is 5.82 Å². The van der Waals surface area contributed by atoms with Crippen LogP contribution in [0.1, 0.15) is 24.6 Å². The molecule has 1 atom stereocenters. The van der Waals surface area contributed by atoms with Gasteiger partial charge in [0.25, 0.3) is 0 Å². The van der Waals surface area contributed by atoms with Gasteiger partial charge in [0, 0.05) is 37.2 Å². The average molecular weight is 377 g/mol. The number of carbonyl (C=O) groups is 1. The Morgan fingerprint density at radius 3 is 2.77 bits per heavy atom. The Morgan fingerprint density at radius 1 is 1.27 bits per heavy atom. The molecule has 26 heavy (non-hydrogen) atoms. The molecule has 1 unspecified atom stereocenters. The number of hydrogen-bond acceptors (Lipinski definition) is 5. The van der Waals surface area contributed by atoms with Crippen molar-refractivity contribution in [3.63, 3.8) is 0 Å². The smallest absolute Gasteiger partial charge is 0.241 e. The van der Waals surface area contributed by atoms with Gasteiger partial charge < -0.3 is 10.2 Å². The van der Waals surface area contributed by atoms with E-state index in [1.165, 1.54) is 6.07 Å². The number of rotatable bonds is 4. The number of aryl methyl sites for hydroxylation is 2. The van der Waals surface area contributed by atoms with Gasteiger partial charge in [-0.1, -0.05) is 6.07 Å². The first-order valence-corrected chi connectivity index (χ1v) is 9.80.